The van der Waals surface area contributed by atoms with Crippen molar-refractivity contribution >= 4 is 69.3 Å². The Hall–Kier alpha value is -8.01. The molecule has 22 nitrogen and oxygen atoms in total. The number of hydrogen-bond acceptors (Lipinski definition) is 13. The van der Waals surface area contributed by atoms with Gasteiger partial charge in [-0.05, 0) is 90.2 Å². The van der Waals surface area contributed by atoms with Gasteiger partial charge in [-0.3, -0.25) is 44.9 Å². The molecule has 5 aromatic rings. The standard InChI is InChI=1S/C44H58N16O6/c1-7-51-32(20-26(3)45)40(63)54-43-53-31-23-29(39(47)62)25-35(66-19-12-11-15-57(42(48)49)16-13-14-50-5)37(31)59(43)18-10-9-17-58-36-30(22-28(38(46)61)24-34(36)65-6)52-44(58)55-41(64)33-21-27(4)56-60(33)8-2/h9-12,20-25,50H,7-8,13-19,45H2,1-6H3,(H2,46,61)(H2,47,62)(H3,48,49)(H,52,55,64)(H,53,54,63)/b10-9+,12-11+,26-20-,51-32?. The van der Waals surface area contributed by atoms with Crippen LogP contribution in [0.5, 0.6) is 11.5 Å². The number of hydrogen-bond donors (Lipinski definition) is 8. The number of carbonyl (C=O) groups is 4. The molecular weight excluding hydrogens is 849 g/mol. The lowest BCUT2D eigenvalue weighted by atomic mass is 10.1. The number of imidazole rings is 2. The highest BCUT2D eigenvalue weighted by Crippen LogP contribution is 2.33. The maximum Gasteiger partial charge on any atom is 0.276 e. The Morgan fingerprint density at radius 2 is 1.47 bits per heavy atom. The molecule has 0 aliphatic carbocycles. The molecule has 0 bridgehead atoms. The van der Waals surface area contributed by atoms with Crippen LogP contribution >= 0.6 is 0 Å². The number of nitrogens with two attached hydrogens (primary N) is 4. The van der Waals surface area contributed by atoms with Crippen LogP contribution in [0.1, 0.15) is 64.1 Å². The van der Waals surface area contributed by atoms with E-state index in [9.17, 15) is 19.2 Å². The lowest BCUT2D eigenvalue weighted by Crippen LogP contribution is -2.38. The largest absolute Gasteiger partial charge is 0.494 e. The highest BCUT2D eigenvalue weighted by atomic mass is 16.5. The summed E-state index contributed by atoms with van der Waals surface area (Å²) in [6, 6.07) is 7.69. The molecule has 0 aliphatic heterocycles. The second-order valence-corrected chi connectivity index (χ2v) is 14.9. The van der Waals surface area contributed by atoms with Crippen LogP contribution in [0.25, 0.3) is 22.1 Å². The summed E-state index contributed by atoms with van der Waals surface area (Å²) in [6.45, 7) is 9.83. The minimum Gasteiger partial charge on any atom is -0.494 e. The smallest absolute Gasteiger partial charge is 0.276 e. The number of nitrogens with one attached hydrogen (secondary N) is 4. The van der Waals surface area contributed by atoms with Gasteiger partial charge in [-0.15, -0.1) is 0 Å². The second kappa shape index (κ2) is 22.6. The minimum atomic E-state index is -0.722. The minimum absolute atomic E-state index is 0.0519. The molecule has 0 radical (unpaired) electrons. The third kappa shape index (κ3) is 12.0. The lowest BCUT2D eigenvalue weighted by molar-refractivity contribution is -0.110. The van der Waals surface area contributed by atoms with E-state index in [4.69, 9.17) is 42.8 Å². The van der Waals surface area contributed by atoms with Gasteiger partial charge in [-0.25, -0.2) is 9.97 Å². The molecule has 350 valence electrons. The van der Waals surface area contributed by atoms with Crippen molar-refractivity contribution in [2.45, 2.75) is 53.8 Å². The molecule has 0 fully saturated rings. The quantitative estimate of drug-likeness (QED) is 0.0203. The zero-order valence-corrected chi connectivity index (χ0v) is 38.0. The van der Waals surface area contributed by atoms with Gasteiger partial charge in [-0.2, -0.15) is 5.10 Å². The van der Waals surface area contributed by atoms with Crippen LogP contribution in [0.15, 0.2) is 71.4 Å². The number of amides is 4. The van der Waals surface area contributed by atoms with Crippen molar-refractivity contribution in [3.63, 3.8) is 0 Å². The Kier molecular flexibility index (Phi) is 16.8. The number of nitrogens with zero attached hydrogens (tertiary/aromatic N) is 8. The molecule has 22 heteroatoms. The van der Waals surface area contributed by atoms with Crippen molar-refractivity contribution < 1.29 is 28.7 Å². The number of carbonyl (C=O) groups excluding carboxylic acids is 4. The molecule has 5 rings (SSSR count). The zero-order valence-electron chi connectivity index (χ0n) is 38.0. The van der Waals surface area contributed by atoms with E-state index in [0.29, 0.717) is 65.3 Å². The first kappa shape index (κ1) is 49.0. The van der Waals surface area contributed by atoms with Crippen LogP contribution in [0.2, 0.25) is 0 Å². The number of anilines is 2. The monoisotopic (exact) mass is 906 g/mol. The maximum atomic E-state index is 13.7. The fourth-order valence-electron chi connectivity index (χ4n) is 6.95. The van der Waals surface area contributed by atoms with Crippen LogP contribution in [0.3, 0.4) is 0 Å². The van der Waals surface area contributed by atoms with Gasteiger partial charge in [0.2, 0.25) is 23.7 Å². The third-order valence-electron chi connectivity index (χ3n) is 9.98. The van der Waals surface area contributed by atoms with Gasteiger partial charge in [-0.1, -0.05) is 18.2 Å². The second-order valence-electron chi connectivity index (χ2n) is 14.9. The average Bonchev–Trinajstić information content (AvgIpc) is 3.95. The van der Waals surface area contributed by atoms with Gasteiger partial charge in [0.05, 0.1) is 23.8 Å². The number of allylic oxidation sites excluding steroid dienone is 3. The number of ether oxygens (including phenoxy) is 2. The van der Waals surface area contributed by atoms with Gasteiger partial charge in [0.25, 0.3) is 11.8 Å². The molecule has 66 heavy (non-hydrogen) atoms. The normalized spacial score (nSPS) is 12.1. The Labute approximate surface area is 381 Å². The lowest BCUT2D eigenvalue weighted by Gasteiger charge is -2.20. The number of fused-ring (bicyclic) bond motifs is 2. The highest BCUT2D eigenvalue weighted by Gasteiger charge is 2.23. The van der Waals surface area contributed by atoms with Crippen LogP contribution < -0.4 is 48.4 Å². The fraction of sp³-hybridized carbons (Fsp3) is 0.341. The summed E-state index contributed by atoms with van der Waals surface area (Å²) in [6.07, 6.45) is 9.43. The molecule has 2 aromatic carbocycles. The van der Waals surface area contributed by atoms with Crippen LogP contribution in [-0.4, -0.2) is 116 Å². The van der Waals surface area contributed by atoms with Crippen LogP contribution in [-0.2, 0) is 24.4 Å². The maximum absolute atomic E-state index is 13.7. The van der Waals surface area contributed by atoms with Gasteiger partial charge < -0.3 is 51.8 Å². The molecule has 0 saturated heterocycles. The predicted molar refractivity (Wildman–Crippen MR) is 254 cm³/mol. The number of methoxy groups -OCH3 is 1. The summed E-state index contributed by atoms with van der Waals surface area (Å²) < 4.78 is 16.9. The first-order valence-corrected chi connectivity index (χ1v) is 21.1. The van der Waals surface area contributed by atoms with Crippen molar-refractivity contribution in [3.8, 4) is 11.5 Å². The van der Waals surface area contributed by atoms with Gasteiger partial charge in [0.1, 0.15) is 40.5 Å². The zero-order chi connectivity index (χ0) is 48.1. The van der Waals surface area contributed by atoms with E-state index in [0.717, 1.165) is 13.0 Å². The number of aliphatic imine (C=N–C) groups is 1. The summed E-state index contributed by atoms with van der Waals surface area (Å²) in [7, 11) is 3.30. The first-order valence-electron chi connectivity index (χ1n) is 21.1. The van der Waals surface area contributed by atoms with Crippen molar-refractivity contribution in [2.75, 3.05) is 57.6 Å². The van der Waals surface area contributed by atoms with E-state index in [2.05, 4.69) is 31.0 Å². The van der Waals surface area contributed by atoms with Gasteiger partial charge >= 0.3 is 0 Å². The molecule has 0 atom stereocenters. The van der Waals surface area contributed by atoms with E-state index in [-0.39, 0.29) is 65.9 Å². The predicted octanol–water partition coefficient (Wildman–Crippen LogP) is 2.63. The summed E-state index contributed by atoms with van der Waals surface area (Å²) in [4.78, 5) is 67.7. The molecule has 0 saturated carbocycles. The number of aromatic nitrogens is 6. The summed E-state index contributed by atoms with van der Waals surface area (Å²) in [5.41, 5.74) is 26.4. The van der Waals surface area contributed by atoms with E-state index in [1.54, 1.807) is 63.8 Å². The molecule has 0 unspecified atom stereocenters. The van der Waals surface area contributed by atoms with Crippen LogP contribution in [0.4, 0.5) is 11.9 Å². The van der Waals surface area contributed by atoms with E-state index in [1.165, 1.54) is 37.5 Å². The van der Waals surface area contributed by atoms with Crippen molar-refractivity contribution in [3.05, 3.63) is 88.9 Å². The molecule has 0 aliphatic rings. The SMILES string of the molecule is CCN=C(/C=C(/C)N)C(=O)Nc1nc2cc(C(N)=O)cc(OC/C=C/CN(CCCNC)C(=N)N)c2n1C/C=C/Cn1c(NC(=O)c2cc(C)nn2CC)nc2cc(C(N)=O)cc(OC)c21. The van der Waals surface area contributed by atoms with Crippen molar-refractivity contribution in [1.82, 2.24) is 39.1 Å². The number of guanidine groups is 1. The average molecular weight is 907 g/mol. The topological polar surface area (TPSA) is 320 Å². The number of aryl methyl sites for hydroxylation is 2. The first-order chi connectivity index (χ1) is 31.6. The Morgan fingerprint density at radius 1 is 0.864 bits per heavy atom. The number of primary amides is 2. The Morgan fingerprint density at radius 3 is 2.02 bits per heavy atom. The molecule has 0 spiro atoms. The van der Waals surface area contributed by atoms with Gasteiger partial charge in [0, 0.05) is 56.1 Å². The van der Waals surface area contributed by atoms with E-state index in [1.807, 2.05) is 20.0 Å². The number of rotatable bonds is 23. The molecule has 3 heterocycles. The summed E-state index contributed by atoms with van der Waals surface area (Å²) >= 11 is 0. The van der Waals surface area contributed by atoms with Gasteiger partial charge in [0.15, 0.2) is 5.96 Å². The Balaban J connectivity index is 1.56. The molecule has 12 N–H and O–H groups in total. The summed E-state index contributed by atoms with van der Waals surface area (Å²) in [5, 5.41) is 21.2. The summed E-state index contributed by atoms with van der Waals surface area (Å²) in [5.74, 6) is -1.73. The Bertz CT molecular complexity index is 2740. The fourth-order valence-corrected chi connectivity index (χ4v) is 6.95. The molecular formula is C44H58N16O6. The molecule has 3 aromatic heterocycles. The van der Waals surface area contributed by atoms with E-state index < -0.39 is 23.6 Å². The van der Waals surface area contributed by atoms with Crippen molar-refractivity contribution in [1.29, 1.82) is 5.41 Å². The molecule has 4 amide bonds. The highest BCUT2D eigenvalue weighted by molar-refractivity contribution is 6.47. The third-order valence-corrected chi connectivity index (χ3v) is 9.98. The number of benzene rings is 2. The van der Waals surface area contributed by atoms with Crippen LogP contribution in [0, 0.1) is 12.3 Å². The van der Waals surface area contributed by atoms with E-state index >= 15 is 0 Å². The van der Waals surface area contributed by atoms with Crippen molar-refractivity contribution in [2.24, 2.45) is 27.9 Å².